The molecule has 1 aliphatic heterocycles. The van der Waals surface area contributed by atoms with Crippen LogP contribution in [0.5, 0.6) is 0 Å². The third kappa shape index (κ3) is 3.94. The van der Waals surface area contributed by atoms with E-state index in [1.807, 2.05) is 20.8 Å². The van der Waals surface area contributed by atoms with Crippen molar-refractivity contribution in [3.63, 3.8) is 0 Å². The molecule has 2 rings (SSSR count). The topological polar surface area (TPSA) is 102 Å². The number of hydroxylamine groups is 2. The van der Waals surface area contributed by atoms with Crippen LogP contribution in [0.4, 0.5) is 17.1 Å². The zero-order valence-corrected chi connectivity index (χ0v) is 14.5. The first-order chi connectivity index (χ1) is 11.1. The third-order valence-electron chi connectivity index (χ3n) is 3.93. The molecule has 0 atom stereocenters. The molecule has 1 aromatic rings. The van der Waals surface area contributed by atoms with Crippen LogP contribution in [0.15, 0.2) is 12.1 Å². The van der Waals surface area contributed by atoms with Gasteiger partial charge < -0.3 is 15.5 Å². The van der Waals surface area contributed by atoms with E-state index in [0.717, 1.165) is 5.69 Å². The van der Waals surface area contributed by atoms with Gasteiger partial charge in [0.05, 0.1) is 23.4 Å². The number of nitrogens with zero attached hydrogens (tertiary/aromatic N) is 3. The molecule has 8 nitrogen and oxygen atoms in total. The van der Waals surface area contributed by atoms with E-state index < -0.39 is 10.3 Å². The minimum atomic E-state index is -0.541. The van der Waals surface area contributed by atoms with Crippen LogP contribution in [0.2, 0.25) is 0 Å². The Balaban J connectivity index is 2.03. The number of nitro benzene ring substituents is 1. The van der Waals surface area contributed by atoms with Crippen molar-refractivity contribution in [2.45, 2.75) is 27.7 Å². The van der Waals surface area contributed by atoms with Crippen LogP contribution in [0.3, 0.4) is 0 Å². The highest BCUT2D eigenvalue weighted by molar-refractivity contribution is 5.75. The number of aryl methyl sites for hydroxylation is 1. The highest BCUT2D eigenvalue weighted by atomic mass is 16.7. The monoisotopic (exact) mass is 336 g/mol. The number of carbonyl (C=O) groups excluding carboxylic acids is 1. The van der Waals surface area contributed by atoms with E-state index in [9.17, 15) is 14.9 Å². The van der Waals surface area contributed by atoms with Crippen LogP contribution in [0.25, 0.3) is 0 Å². The third-order valence-corrected chi connectivity index (χ3v) is 3.93. The fraction of sp³-hybridized carbons (Fsp3) is 0.562. The first-order valence-corrected chi connectivity index (χ1v) is 7.86. The van der Waals surface area contributed by atoms with E-state index in [1.165, 1.54) is 0 Å². The smallest absolute Gasteiger partial charge is 0.330 e. The van der Waals surface area contributed by atoms with Crippen LogP contribution >= 0.6 is 0 Å². The maximum absolute atomic E-state index is 11.9. The molecular formula is C16H24N4O4. The number of carbonyl (C=O) groups is 1. The van der Waals surface area contributed by atoms with Crippen molar-refractivity contribution in [2.75, 3.05) is 36.8 Å². The van der Waals surface area contributed by atoms with E-state index in [-0.39, 0.29) is 17.3 Å². The second kappa shape index (κ2) is 6.64. The number of hydrogen-bond acceptors (Lipinski definition) is 7. The van der Waals surface area contributed by atoms with E-state index in [4.69, 9.17) is 10.6 Å². The van der Waals surface area contributed by atoms with Gasteiger partial charge in [-0.1, -0.05) is 0 Å². The quantitative estimate of drug-likeness (QED) is 0.512. The Bertz CT molecular complexity index is 623. The molecule has 24 heavy (non-hydrogen) atoms. The molecule has 132 valence electrons. The summed E-state index contributed by atoms with van der Waals surface area (Å²) in [6.45, 7) is 9.55. The lowest BCUT2D eigenvalue weighted by Gasteiger charge is -2.35. The van der Waals surface area contributed by atoms with Crippen molar-refractivity contribution >= 4 is 23.0 Å². The minimum Gasteiger partial charge on any atom is -0.393 e. The summed E-state index contributed by atoms with van der Waals surface area (Å²) in [6.07, 6.45) is 0. The molecule has 0 aliphatic carbocycles. The minimum absolute atomic E-state index is 0.0449. The van der Waals surface area contributed by atoms with Crippen LogP contribution in [0.1, 0.15) is 26.3 Å². The normalized spacial score (nSPS) is 16.1. The molecule has 2 N–H and O–H groups in total. The summed E-state index contributed by atoms with van der Waals surface area (Å²) in [7, 11) is 0. The second-order valence-corrected chi connectivity index (χ2v) is 7.00. The zero-order valence-electron chi connectivity index (χ0n) is 14.5. The van der Waals surface area contributed by atoms with Crippen LogP contribution in [0, 0.1) is 22.5 Å². The van der Waals surface area contributed by atoms with Gasteiger partial charge in [-0.05, 0) is 39.8 Å². The highest BCUT2D eigenvalue weighted by Crippen LogP contribution is 2.31. The van der Waals surface area contributed by atoms with Gasteiger partial charge >= 0.3 is 5.97 Å². The molecule has 0 spiro atoms. The first-order valence-electron chi connectivity index (χ1n) is 7.86. The number of rotatable bonds is 3. The second-order valence-electron chi connectivity index (χ2n) is 7.00. The number of nitrogens with two attached hydrogens (primary N) is 1. The largest absolute Gasteiger partial charge is 0.393 e. The van der Waals surface area contributed by atoms with Crippen LogP contribution in [-0.2, 0) is 9.63 Å². The molecule has 1 saturated heterocycles. The van der Waals surface area contributed by atoms with Crippen molar-refractivity contribution in [1.82, 2.24) is 5.06 Å². The van der Waals surface area contributed by atoms with Crippen molar-refractivity contribution in [2.24, 2.45) is 5.41 Å². The van der Waals surface area contributed by atoms with Gasteiger partial charge in [-0.2, -0.15) is 0 Å². The number of nitrogen functional groups attached to an aromatic ring is 1. The standard InChI is InChI=1S/C16H24N4O4/c1-11-9-12(10-13(17)14(11)20(22)23)18-5-7-19(8-6-18)24-15(21)16(2,3)4/h9-10H,5-8,17H2,1-4H3. The maximum atomic E-state index is 11.9. The Morgan fingerprint density at radius 2 is 1.83 bits per heavy atom. The van der Waals surface area contributed by atoms with E-state index in [2.05, 4.69) is 4.90 Å². The van der Waals surface area contributed by atoms with E-state index in [1.54, 1.807) is 24.1 Å². The Morgan fingerprint density at radius 1 is 1.25 bits per heavy atom. The summed E-state index contributed by atoms with van der Waals surface area (Å²) >= 11 is 0. The molecule has 8 heteroatoms. The Hall–Kier alpha value is -2.35. The van der Waals surface area contributed by atoms with Crippen molar-refractivity contribution in [1.29, 1.82) is 0 Å². The highest BCUT2D eigenvalue weighted by Gasteiger charge is 2.28. The fourth-order valence-electron chi connectivity index (χ4n) is 2.51. The van der Waals surface area contributed by atoms with Gasteiger partial charge in [0.25, 0.3) is 5.69 Å². The summed E-state index contributed by atoms with van der Waals surface area (Å²) in [5, 5.41) is 12.7. The molecule has 0 amide bonds. The lowest BCUT2D eigenvalue weighted by molar-refractivity contribution is -0.384. The fourth-order valence-corrected chi connectivity index (χ4v) is 2.51. The predicted octanol–water partition coefficient (Wildman–Crippen LogP) is 2.11. The Morgan fingerprint density at radius 3 is 2.29 bits per heavy atom. The van der Waals surface area contributed by atoms with Gasteiger partial charge in [-0.25, -0.2) is 4.79 Å². The maximum Gasteiger partial charge on any atom is 0.330 e. The SMILES string of the molecule is Cc1cc(N2CCN(OC(=O)C(C)(C)C)CC2)cc(N)c1[N+](=O)[O-]. The van der Waals surface area contributed by atoms with E-state index in [0.29, 0.717) is 31.7 Å². The lowest BCUT2D eigenvalue weighted by atomic mass is 9.98. The summed E-state index contributed by atoms with van der Waals surface area (Å²) in [4.78, 5) is 29.9. The summed E-state index contributed by atoms with van der Waals surface area (Å²) in [6, 6.07) is 3.40. The molecule has 0 radical (unpaired) electrons. The molecule has 0 saturated carbocycles. The van der Waals surface area contributed by atoms with Gasteiger partial charge in [-0.3, -0.25) is 10.1 Å². The molecule has 1 aromatic carbocycles. The summed E-state index contributed by atoms with van der Waals surface area (Å²) in [5.74, 6) is -0.258. The number of anilines is 2. The number of nitro groups is 1. The lowest BCUT2D eigenvalue weighted by Crippen LogP contribution is -2.48. The number of benzene rings is 1. The molecule has 1 fully saturated rings. The average molecular weight is 336 g/mol. The zero-order chi connectivity index (χ0) is 18.1. The van der Waals surface area contributed by atoms with E-state index >= 15 is 0 Å². The van der Waals surface area contributed by atoms with Gasteiger partial charge in [0.2, 0.25) is 0 Å². The number of hydrogen-bond donors (Lipinski definition) is 1. The van der Waals surface area contributed by atoms with Crippen LogP contribution < -0.4 is 10.6 Å². The van der Waals surface area contributed by atoms with Gasteiger partial charge in [0, 0.05) is 24.3 Å². The molecule has 1 aliphatic rings. The van der Waals surface area contributed by atoms with Crippen molar-refractivity contribution < 1.29 is 14.6 Å². The molecule has 0 aromatic heterocycles. The van der Waals surface area contributed by atoms with Crippen molar-refractivity contribution in [3.05, 3.63) is 27.8 Å². The van der Waals surface area contributed by atoms with Gasteiger partial charge in [0.15, 0.2) is 0 Å². The first kappa shape index (κ1) is 18.0. The Kier molecular flexibility index (Phi) is 4.98. The molecule has 1 heterocycles. The molecular weight excluding hydrogens is 312 g/mol. The molecule has 0 unspecified atom stereocenters. The predicted molar refractivity (Wildman–Crippen MR) is 91.6 cm³/mol. The molecule has 0 bridgehead atoms. The average Bonchev–Trinajstić information content (AvgIpc) is 2.45. The van der Waals surface area contributed by atoms with Gasteiger partial charge in [-0.15, -0.1) is 5.06 Å². The number of piperazine rings is 1. The van der Waals surface area contributed by atoms with Gasteiger partial charge in [0.1, 0.15) is 5.69 Å². The van der Waals surface area contributed by atoms with Crippen LogP contribution in [-0.4, -0.2) is 42.1 Å². The Labute approximate surface area is 141 Å². The summed E-state index contributed by atoms with van der Waals surface area (Å²) in [5.41, 5.74) is 6.78. The summed E-state index contributed by atoms with van der Waals surface area (Å²) < 4.78 is 0. The van der Waals surface area contributed by atoms with Crippen molar-refractivity contribution in [3.8, 4) is 0 Å².